The molecule has 3 atom stereocenters. The van der Waals surface area contributed by atoms with Crippen LogP contribution in [0.3, 0.4) is 0 Å². The summed E-state index contributed by atoms with van der Waals surface area (Å²) in [6.07, 6.45) is 38.0. The number of esters is 2. The smallest absolute Gasteiger partial charge is 0.462 e. The first-order valence-electron chi connectivity index (χ1n) is 29.4. The molecule has 1 aromatic carbocycles. The number of anilines is 2. The molecular formula is C60H97N4O12P. The van der Waals surface area contributed by atoms with E-state index in [1.54, 1.807) is 38.3 Å². The lowest BCUT2D eigenvalue weighted by Gasteiger charge is -2.21. The van der Waals surface area contributed by atoms with Gasteiger partial charge in [0.1, 0.15) is 24.8 Å². The van der Waals surface area contributed by atoms with Gasteiger partial charge in [0.05, 0.1) is 38.7 Å². The van der Waals surface area contributed by atoms with Gasteiger partial charge >= 0.3 is 25.8 Å². The first-order valence-corrected chi connectivity index (χ1v) is 30.8. The van der Waals surface area contributed by atoms with Gasteiger partial charge in [-0.05, 0) is 76.2 Å². The molecule has 2 unspecified atom stereocenters. The molecule has 1 amide bonds. The molecule has 1 aliphatic heterocycles. The Balaban J connectivity index is 1.42. The van der Waals surface area contributed by atoms with Gasteiger partial charge in [0, 0.05) is 31.1 Å². The third kappa shape index (κ3) is 30.5. The number of rotatable bonds is 48. The Hall–Kier alpha value is -4.47. The number of fused-ring (bicyclic) bond motifs is 1. The summed E-state index contributed by atoms with van der Waals surface area (Å²) in [6, 6.07) is 6.83. The van der Waals surface area contributed by atoms with E-state index in [-0.39, 0.29) is 75.6 Å². The van der Waals surface area contributed by atoms with Crippen molar-refractivity contribution in [1.29, 1.82) is 0 Å². The van der Waals surface area contributed by atoms with E-state index in [4.69, 9.17) is 33.7 Å². The van der Waals surface area contributed by atoms with Crippen LogP contribution in [0.25, 0.3) is 0 Å². The molecule has 3 rings (SSSR count). The lowest BCUT2D eigenvalue weighted by atomic mass is 10.0. The molecule has 1 aromatic heterocycles. The topological polar surface area (TPSA) is 216 Å². The number of nitrogens with two attached hydrogens (primary N) is 1. The summed E-state index contributed by atoms with van der Waals surface area (Å²) in [5.41, 5.74) is 7.81. The number of benzene rings is 1. The molecule has 3 N–H and O–H groups in total. The van der Waals surface area contributed by atoms with E-state index in [0.717, 1.165) is 82.6 Å². The van der Waals surface area contributed by atoms with Crippen LogP contribution in [0.2, 0.25) is 0 Å². The number of carbonyl (C=O) groups excluding carboxylic acids is 4. The van der Waals surface area contributed by atoms with E-state index >= 15 is 0 Å². The molecule has 434 valence electrons. The number of amides is 1. The van der Waals surface area contributed by atoms with Gasteiger partial charge in [-0.15, -0.1) is 0 Å². The highest BCUT2D eigenvalue weighted by Crippen LogP contribution is 2.43. The SMILES string of the molecule is CCCCCCCC/C=C\CCCCCCC(C)C(=O)O[C@H](COC(=O)CCCCCCC/C=C/CCCCCCCC)COP(=O)(O)OCCCC(=O)c1ccc(CN2C(=O)Cc3c(N)nc(OCCOC)nc32)cc1. The standard InChI is InChI=1S/C60H97N4O12P/c1-5-7-9-11-13-15-17-19-21-23-25-27-29-31-33-37-56(67)73-47-52(76-59(68)49(3)35-32-30-28-26-24-22-20-18-16-14-12-10-8-6-2)48-75-77(69,70)74-42-34-36-54(65)51-40-38-50(39-41-51)46-64-55(66)45-53-57(61)62-60(63-58(53)64)72-44-43-71-4/h19-22,38-41,49,52H,5-18,23-37,42-48H2,1-4H3,(H,69,70)(H2,61,62,63)/b21-19+,22-20-/t49?,52-/m1/s1. The van der Waals surface area contributed by atoms with Gasteiger partial charge in [0.25, 0.3) is 0 Å². The Morgan fingerprint density at radius 2 is 1.26 bits per heavy atom. The van der Waals surface area contributed by atoms with Gasteiger partial charge in [-0.3, -0.25) is 33.1 Å². The second-order valence-corrected chi connectivity index (χ2v) is 22.0. The second-order valence-electron chi connectivity index (χ2n) is 20.5. The van der Waals surface area contributed by atoms with Crippen molar-refractivity contribution in [2.75, 3.05) is 50.8 Å². The quantitative estimate of drug-likeness (QED) is 0.0207. The van der Waals surface area contributed by atoms with E-state index in [1.807, 2.05) is 0 Å². The van der Waals surface area contributed by atoms with Crippen molar-refractivity contribution in [1.82, 2.24) is 9.97 Å². The average molecular weight is 1100 g/mol. The number of Topliss-reactive ketones (excluding diaryl/α,β-unsaturated/α-hetero) is 1. The minimum atomic E-state index is -4.66. The number of carbonyl (C=O) groups is 4. The summed E-state index contributed by atoms with van der Waals surface area (Å²) in [5, 5.41) is 0. The van der Waals surface area contributed by atoms with Gasteiger partial charge in [0.15, 0.2) is 11.9 Å². The fourth-order valence-corrected chi connectivity index (χ4v) is 9.67. The number of unbranched alkanes of at least 4 members (excludes halogenated alkanes) is 21. The Morgan fingerprint density at radius 1 is 0.701 bits per heavy atom. The van der Waals surface area contributed by atoms with Crippen LogP contribution in [0, 0.1) is 5.92 Å². The number of phosphoric acid groups is 1. The summed E-state index contributed by atoms with van der Waals surface area (Å²) < 4.78 is 45.3. The summed E-state index contributed by atoms with van der Waals surface area (Å²) >= 11 is 0. The van der Waals surface area contributed by atoms with Crippen LogP contribution < -0.4 is 15.4 Å². The van der Waals surface area contributed by atoms with Gasteiger partial charge < -0.3 is 29.6 Å². The normalized spacial score (nSPS) is 14.0. The van der Waals surface area contributed by atoms with Crippen molar-refractivity contribution in [3.8, 4) is 6.01 Å². The molecule has 1 aliphatic rings. The maximum Gasteiger partial charge on any atom is 0.472 e. The third-order valence-electron chi connectivity index (χ3n) is 13.6. The van der Waals surface area contributed by atoms with Gasteiger partial charge in [-0.25, -0.2) is 4.57 Å². The maximum atomic E-state index is 13.3. The number of hydrogen-bond donors (Lipinski definition) is 2. The zero-order valence-electron chi connectivity index (χ0n) is 47.5. The zero-order valence-corrected chi connectivity index (χ0v) is 48.4. The fraction of sp³-hybridized carbons (Fsp3) is 0.700. The highest BCUT2D eigenvalue weighted by Gasteiger charge is 2.33. The third-order valence-corrected chi connectivity index (χ3v) is 14.6. The van der Waals surface area contributed by atoms with Crippen LogP contribution in [0.4, 0.5) is 11.6 Å². The predicted molar refractivity (Wildman–Crippen MR) is 305 cm³/mol. The minimum Gasteiger partial charge on any atom is -0.462 e. The summed E-state index contributed by atoms with van der Waals surface area (Å²) in [7, 11) is -3.12. The summed E-state index contributed by atoms with van der Waals surface area (Å²) in [4.78, 5) is 72.7. The lowest BCUT2D eigenvalue weighted by molar-refractivity contribution is -0.164. The Bertz CT molecular complexity index is 2070. The minimum absolute atomic E-state index is 0.0144. The molecule has 0 spiro atoms. The summed E-state index contributed by atoms with van der Waals surface area (Å²) in [5.74, 6) is -1.25. The molecule has 0 fully saturated rings. The number of nitrogens with zero attached hydrogens (tertiary/aromatic N) is 3. The second kappa shape index (κ2) is 41.6. The number of ether oxygens (including phenoxy) is 4. The Kier molecular flexibility index (Phi) is 36.1. The van der Waals surface area contributed by atoms with E-state index in [9.17, 15) is 28.6 Å². The molecular weight excluding hydrogens is 1000 g/mol. The molecule has 77 heavy (non-hydrogen) atoms. The fourth-order valence-electron chi connectivity index (χ4n) is 8.88. The van der Waals surface area contributed by atoms with Crippen LogP contribution in [0.5, 0.6) is 6.01 Å². The molecule has 0 radical (unpaired) electrons. The first kappa shape index (κ1) is 66.8. The number of phosphoric ester groups is 1. The monoisotopic (exact) mass is 1100 g/mol. The molecule has 2 heterocycles. The molecule has 0 saturated heterocycles. The van der Waals surface area contributed by atoms with E-state index in [2.05, 4.69) is 48.1 Å². The van der Waals surface area contributed by atoms with Gasteiger partial charge in [-0.2, -0.15) is 9.97 Å². The van der Waals surface area contributed by atoms with Crippen molar-refractivity contribution in [2.24, 2.45) is 5.92 Å². The highest BCUT2D eigenvalue weighted by molar-refractivity contribution is 7.47. The molecule has 2 aromatic rings. The van der Waals surface area contributed by atoms with Crippen molar-refractivity contribution >= 4 is 43.1 Å². The molecule has 17 heteroatoms. The molecule has 16 nitrogen and oxygen atoms in total. The molecule has 0 bridgehead atoms. The van der Waals surface area contributed by atoms with Gasteiger partial charge in [0.2, 0.25) is 5.91 Å². The van der Waals surface area contributed by atoms with Crippen molar-refractivity contribution in [3.63, 3.8) is 0 Å². The highest BCUT2D eigenvalue weighted by atomic mass is 31.2. The number of allylic oxidation sites excluding steroid dienone is 4. The van der Waals surface area contributed by atoms with Gasteiger partial charge in [-0.1, -0.05) is 172 Å². The van der Waals surface area contributed by atoms with Crippen LogP contribution in [0.1, 0.15) is 228 Å². The number of aromatic nitrogens is 2. The zero-order chi connectivity index (χ0) is 55.8. The number of nitrogen functional groups attached to an aromatic ring is 1. The summed E-state index contributed by atoms with van der Waals surface area (Å²) in [6.45, 7) is 5.86. The molecule has 0 aliphatic carbocycles. The first-order chi connectivity index (χ1) is 37.4. The predicted octanol–water partition coefficient (Wildman–Crippen LogP) is 14.0. The van der Waals surface area contributed by atoms with E-state index in [1.165, 1.54) is 81.9 Å². The van der Waals surface area contributed by atoms with Crippen molar-refractivity contribution in [2.45, 2.75) is 226 Å². The average Bonchev–Trinajstić information content (AvgIpc) is 3.76. The van der Waals surface area contributed by atoms with E-state index in [0.29, 0.717) is 36.4 Å². The number of methoxy groups -OCH3 is 1. The maximum absolute atomic E-state index is 13.3. The largest absolute Gasteiger partial charge is 0.472 e. The van der Waals surface area contributed by atoms with Crippen LogP contribution in [-0.4, -0.2) is 84.7 Å². The van der Waals surface area contributed by atoms with Crippen LogP contribution in [-0.2, 0) is 55.2 Å². The van der Waals surface area contributed by atoms with Crippen molar-refractivity contribution < 1.29 is 56.6 Å². The molecule has 0 saturated carbocycles. The number of ketones is 1. The van der Waals surface area contributed by atoms with E-state index < -0.39 is 38.4 Å². The number of hydrogen-bond acceptors (Lipinski definition) is 14. The van der Waals surface area contributed by atoms with Crippen molar-refractivity contribution in [3.05, 3.63) is 65.3 Å². The Morgan fingerprint density at radius 3 is 1.84 bits per heavy atom. The van der Waals surface area contributed by atoms with Crippen LogP contribution in [0.15, 0.2) is 48.6 Å². The lowest BCUT2D eigenvalue weighted by Crippen LogP contribution is -2.31. The van der Waals surface area contributed by atoms with Crippen LogP contribution >= 0.6 is 7.82 Å². The Labute approximate surface area is 462 Å².